The highest BCUT2D eigenvalue weighted by molar-refractivity contribution is 7.14. The van der Waals surface area contributed by atoms with Crippen molar-refractivity contribution in [2.75, 3.05) is 19.6 Å². The molecule has 1 heterocycles. The number of rotatable bonds is 7. The summed E-state index contributed by atoms with van der Waals surface area (Å²) in [6.45, 7) is 4.10. The molecule has 0 saturated carbocycles. The van der Waals surface area contributed by atoms with Gasteiger partial charge in [0.2, 0.25) is 10.9 Å². The molecule has 0 aliphatic carbocycles. The molecule has 8 nitrogen and oxygen atoms in total. The summed E-state index contributed by atoms with van der Waals surface area (Å²) in [5.74, 6) is 0.531. The molecular formula is C20H20N4O4S. The third-order valence-corrected chi connectivity index (χ3v) is 5.00. The molecule has 1 aromatic heterocycles. The Bertz CT molecular complexity index is 1080. The Morgan fingerprint density at radius 3 is 2.59 bits per heavy atom. The number of nitrogens with one attached hydrogen (secondary N) is 1. The minimum atomic E-state index is -0.514. The van der Waals surface area contributed by atoms with Crippen LogP contribution < -0.4 is 14.9 Å². The van der Waals surface area contributed by atoms with Crippen molar-refractivity contribution in [2.24, 2.45) is 5.10 Å². The fraction of sp³-hybridized carbons (Fsp3) is 0.200. The molecule has 0 unspecified atom stereocenters. The van der Waals surface area contributed by atoms with Crippen LogP contribution in [0.25, 0.3) is 11.3 Å². The number of ether oxygens (including phenoxy) is 2. The van der Waals surface area contributed by atoms with Crippen LogP contribution in [0.3, 0.4) is 0 Å². The highest BCUT2D eigenvalue weighted by Crippen LogP contribution is 2.34. The van der Waals surface area contributed by atoms with Crippen molar-refractivity contribution >= 4 is 28.4 Å². The zero-order valence-electron chi connectivity index (χ0n) is 16.4. The maximum atomic E-state index is 11.2. The monoisotopic (exact) mass is 412 g/mol. The molecule has 0 spiro atoms. The quantitative estimate of drug-likeness (QED) is 0.340. The first-order chi connectivity index (χ1) is 13.9. The minimum Gasteiger partial charge on any atom is -0.496 e. The molecule has 0 radical (unpaired) electrons. The average molecular weight is 412 g/mol. The lowest BCUT2D eigenvalue weighted by molar-refractivity contribution is -0.385. The van der Waals surface area contributed by atoms with Crippen molar-refractivity contribution in [3.8, 4) is 22.8 Å². The number of methoxy groups -OCH3 is 2. The second-order valence-corrected chi connectivity index (χ2v) is 7.11. The van der Waals surface area contributed by atoms with Crippen molar-refractivity contribution in [2.45, 2.75) is 13.8 Å². The van der Waals surface area contributed by atoms with E-state index in [0.717, 1.165) is 16.8 Å². The smallest absolute Gasteiger partial charge is 0.311 e. The Morgan fingerprint density at radius 2 is 1.93 bits per heavy atom. The summed E-state index contributed by atoms with van der Waals surface area (Å²) in [6.07, 6.45) is 1.45. The maximum absolute atomic E-state index is 11.2. The number of nitro groups is 1. The first-order valence-corrected chi connectivity index (χ1v) is 9.53. The van der Waals surface area contributed by atoms with E-state index in [2.05, 4.69) is 41.5 Å². The molecule has 29 heavy (non-hydrogen) atoms. The Morgan fingerprint density at radius 1 is 1.17 bits per heavy atom. The predicted octanol–water partition coefficient (Wildman–Crippen LogP) is 4.80. The molecule has 0 fully saturated rings. The fourth-order valence-corrected chi connectivity index (χ4v) is 3.52. The summed E-state index contributed by atoms with van der Waals surface area (Å²) in [4.78, 5) is 15.3. The Kier molecular flexibility index (Phi) is 6.08. The van der Waals surface area contributed by atoms with Crippen molar-refractivity contribution in [1.29, 1.82) is 0 Å². The van der Waals surface area contributed by atoms with Gasteiger partial charge in [0.15, 0.2) is 0 Å². The van der Waals surface area contributed by atoms with E-state index in [0.29, 0.717) is 16.4 Å². The lowest BCUT2D eigenvalue weighted by Crippen LogP contribution is -1.99. The van der Waals surface area contributed by atoms with Crippen LogP contribution in [0.4, 0.5) is 10.8 Å². The van der Waals surface area contributed by atoms with E-state index in [1.54, 1.807) is 0 Å². The Labute approximate surface area is 172 Å². The third-order valence-electron chi connectivity index (χ3n) is 4.25. The summed E-state index contributed by atoms with van der Waals surface area (Å²) in [5.41, 5.74) is 7.42. The maximum Gasteiger partial charge on any atom is 0.311 e. The number of hydrogen-bond donors (Lipinski definition) is 1. The number of benzene rings is 2. The summed E-state index contributed by atoms with van der Waals surface area (Å²) in [7, 11) is 2.84. The average Bonchev–Trinajstić information content (AvgIpc) is 3.16. The predicted molar refractivity (Wildman–Crippen MR) is 114 cm³/mol. The molecule has 0 amide bonds. The van der Waals surface area contributed by atoms with Gasteiger partial charge < -0.3 is 9.47 Å². The number of nitrogens with zero attached hydrogens (tertiary/aromatic N) is 3. The van der Waals surface area contributed by atoms with E-state index >= 15 is 0 Å². The molecule has 0 atom stereocenters. The van der Waals surface area contributed by atoms with Crippen LogP contribution in [0.15, 0.2) is 40.8 Å². The molecule has 150 valence electrons. The Hall–Kier alpha value is -3.46. The molecule has 0 aliphatic rings. The zero-order valence-corrected chi connectivity index (χ0v) is 17.2. The second-order valence-electron chi connectivity index (χ2n) is 6.25. The van der Waals surface area contributed by atoms with Crippen LogP contribution >= 0.6 is 11.3 Å². The second kappa shape index (κ2) is 8.70. The molecule has 0 aliphatic heterocycles. The number of hydrogen-bond acceptors (Lipinski definition) is 8. The highest BCUT2D eigenvalue weighted by atomic mass is 32.1. The molecule has 0 bridgehead atoms. The first-order valence-electron chi connectivity index (χ1n) is 8.65. The van der Waals surface area contributed by atoms with Crippen LogP contribution in [0.2, 0.25) is 0 Å². The van der Waals surface area contributed by atoms with Crippen LogP contribution in [-0.4, -0.2) is 30.3 Å². The number of thiazole rings is 1. The first kappa shape index (κ1) is 20.3. The summed E-state index contributed by atoms with van der Waals surface area (Å²) >= 11 is 1.42. The molecule has 3 rings (SSSR count). The van der Waals surface area contributed by atoms with Crippen LogP contribution in [-0.2, 0) is 0 Å². The van der Waals surface area contributed by atoms with Gasteiger partial charge in [0.1, 0.15) is 5.75 Å². The molecule has 9 heteroatoms. The van der Waals surface area contributed by atoms with Gasteiger partial charge in [-0.25, -0.2) is 4.98 Å². The minimum absolute atomic E-state index is 0.120. The summed E-state index contributed by atoms with van der Waals surface area (Å²) < 4.78 is 10.3. The van der Waals surface area contributed by atoms with Gasteiger partial charge in [-0.1, -0.05) is 23.8 Å². The summed E-state index contributed by atoms with van der Waals surface area (Å²) in [5, 5.41) is 17.9. The number of aryl methyl sites for hydroxylation is 2. The summed E-state index contributed by atoms with van der Waals surface area (Å²) in [6, 6.07) is 9.03. The van der Waals surface area contributed by atoms with Crippen LogP contribution in [0, 0.1) is 24.0 Å². The van der Waals surface area contributed by atoms with Crippen molar-refractivity contribution in [1.82, 2.24) is 4.98 Å². The van der Waals surface area contributed by atoms with E-state index < -0.39 is 4.92 Å². The van der Waals surface area contributed by atoms with Crippen molar-refractivity contribution in [3.05, 3.63) is 62.5 Å². The molecule has 0 saturated heterocycles. The number of nitro benzene ring substituents is 1. The van der Waals surface area contributed by atoms with Gasteiger partial charge in [-0.05, 0) is 19.4 Å². The molecule has 2 aromatic carbocycles. The standard InChI is InChI=1S/C20H20N4O4S/c1-12-5-6-15(13(2)7-12)16-11-29-20(22-16)23-21-10-14-8-17(24(25)26)19(28-4)9-18(14)27-3/h5-11H,1-4H3,(H,22,23)/b21-10-. The van der Waals surface area contributed by atoms with E-state index in [9.17, 15) is 10.1 Å². The lowest BCUT2D eigenvalue weighted by atomic mass is 10.0. The van der Waals surface area contributed by atoms with Gasteiger partial charge in [0.05, 0.1) is 31.1 Å². The molecule has 1 N–H and O–H groups in total. The van der Waals surface area contributed by atoms with E-state index in [1.807, 2.05) is 11.4 Å². The van der Waals surface area contributed by atoms with Gasteiger partial charge >= 0.3 is 5.69 Å². The molecular weight excluding hydrogens is 392 g/mol. The molecule has 3 aromatic rings. The van der Waals surface area contributed by atoms with Crippen molar-refractivity contribution in [3.63, 3.8) is 0 Å². The van der Waals surface area contributed by atoms with Gasteiger partial charge in [-0.15, -0.1) is 11.3 Å². The largest absolute Gasteiger partial charge is 0.496 e. The Balaban J connectivity index is 1.81. The SMILES string of the molecule is COc1cc(OC)c([N+](=O)[O-])cc1/C=N\Nc1nc(-c2ccc(C)cc2C)cs1. The number of anilines is 1. The van der Waals surface area contributed by atoms with Gasteiger partial charge in [0, 0.05) is 28.6 Å². The number of aromatic nitrogens is 1. The fourth-order valence-electron chi connectivity index (χ4n) is 2.86. The van der Waals surface area contributed by atoms with E-state index in [4.69, 9.17) is 9.47 Å². The zero-order chi connectivity index (χ0) is 21.0. The third kappa shape index (κ3) is 4.52. The lowest BCUT2D eigenvalue weighted by Gasteiger charge is -2.08. The highest BCUT2D eigenvalue weighted by Gasteiger charge is 2.18. The van der Waals surface area contributed by atoms with Gasteiger partial charge in [-0.2, -0.15) is 5.10 Å². The topological polar surface area (TPSA) is 98.9 Å². The normalized spacial score (nSPS) is 10.9. The van der Waals surface area contributed by atoms with Crippen molar-refractivity contribution < 1.29 is 14.4 Å². The van der Waals surface area contributed by atoms with E-state index in [1.165, 1.54) is 49.5 Å². The number of hydrazone groups is 1. The van der Waals surface area contributed by atoms with Gasteiger partial charge in [-0.3, -0.25) is 15.5 Å². The van der Waals surface area contributed by atoms with Gasteiger partial charge in [0.25, 0.3) is 0 Å². The van der Waals surface area contributed by atoms with E-state index in [-0.39, 0.29) is 11.4 Å². The van der Waals surface area contributed by atoms with Crippen LogP contribution in [0.1, 0.15) is 16.7 Å². The van der Waals surface area contributed by atoms with Crippen LogP contribution in [0.5, 0.6) is 11.5 Å².